The van der Waals surface area contributed by atoms with Crippen molar-refractivity contribution >= 4 is 17.5 Å². The lowest BCUT2D eigenvalue weighted by Gasteiger charge is -2.15. The van der Waals surface area contributed by atoms with E-state index in [2.05, 4.69) is 25.4 Å². The standard InChI is InChI=1S/C27H28ClF3N6O2/c1-5-33-26(39)17-8-6-7-16(22(17)28)20-21(19-9-10-32-13-34-19)24(36-23(20)14(2)3)18-11-35-37(12-15(4)38)25(18)27(29,30)31/h6-11,13-15,36,38H,5,12H2,1-4H3,(H,33,39). The predicted octanol–water partition coefficient (Wildman–Crippen LogP) is 5.93. The second-order valence-corrected chi connectivity index (χ2v) is 9.75. The van der Waals surface area contributed by atoms with E-state index >= 15 is 0 Å². The third-order valence-corrected chi connectivity index (χ3v) is 6.52. The Morgan fingerprint density at radius 1 is 1.18 bits per heavy atom. The summed E-state index contributed by atoms with van der Waals surface area (Å²) in [5, 5.41) is 16.7. The van der Waals surface area contributed by atoms with Gasteiger partial charge in [0.25, 0.3) is 5.91 Å². The molecule has 206 valence electrons. The van der Waals surface area contributed by atoms with E-state index in [0.717, 1.165) is 10.9 Å². The number of alkyl halides is 3. The lowest BCUT2D eigenvalue weighted by Crippen LogP contribution is -2.23. The van der Waals surface area contributed by atoms with Gasteiger partial charge in [-0.2, -0.15) is 18.3 Å². The summed E-state index contributed by atoms with van der Waals surface area (Å²) in [7, 11) is 0. The maximum absolute atomic E-state index is 14.4. The Morgan fingerprint density at radius 3 is 2.51 bits per heavy atom. The van der Waals surface area contributed by atoms with E-state index in [1.54, 1.807) is 31.2 Å². The van der Waals surface area contributed by atoms with Crippen molar-refractivity contribution in [2.45, 2.75) is 52.4 Å². The van der Waals surface area contributed by atoms with Crippen LogP contribution in [0.3, 0.4) is 0 Å². The van der Waals surface area contributed by atoms with Crippen molar-refractivity contribution in [2.75, 3.05) is 6.54 Å². The third kappa shape index (κ3) is 5.55. The molecule has 0 aliphatic carbocycles. The molecule has 1 aromatic carbocycles. The lowest BCUT2D eigenvalue weighted by atomic mass is 9.91. The number of carbonyl (C=O) groups excluding carboxylic acids is 1. The fraction of sp³-hybridized carbons (Fsp3) is 0.333. The highest BCUT2D eigenvalue weighted by Gasteiger charge is 2.40. The summed E-state index contributed by atoms with van der Waals surface area (Å²) in [6.45, 7) is 7.02. The summed E-state index contributed by atoms with van der Waals surface area (Å²) in [5.41, 5.74) is 1.46. The first-order valence-electron chi connectivity index (χ1n) is 12.4. The first-order valence-corrected chi connectivity index (χ1v) is 12.7. The molecule has 39 heavy (non-hydrogen) atoms. The van der Waals surface area contributed by atoms with Gasteiger partial charge in [0.05, 0.1) is 40.8 Å². The molecule has 1 atom stereocenters. The average molecular weight is 561 g/mol. The summed E-state index contributed by atoms with van der Waals surface area (Å²) in [6, 6.07) is 6.57. The molecule has 0 fully saturated rings. The zero-order chi connectivity index (χ0) is 28.5. The molecule has 0 spiro atoms. The van der Waals surface area contributed by atoms with Gasteiger partial charge in [-0.1, -0.05) is 37.6 Å². The Morgan fingerprint density at radius 2 is 1.92 bits per heavy atom. The number of benzene rings is 1. The number of aromatic amines is 1. The quantitative estimate of drug-likeness (QED) is 0.247. The normalized spacial score (nSPS) is 12.7. The van der Waals surface area contributed by atoms with E-state index in [1.165, 1.54) is 19.4 Å². The number of H-pyrrole nitrogens is 1. The van der Waals surface area contributed by atoms with Gasteiger partial charge >= 0.3 is 6.18 Å². The molecule has 0 aliphatic heterocycles. The van der Waals surface area contributed by atoms with Gasteiger partial charge < -0.3 is 15.4 Å². The number of aliphatic hydroxyl groups excluding tert-OH is 1. The molecule has 8 nitrogen and oxygen atoms in total. The lowest BCUT2D eigenvalue weighted by molar-refractivity contribution is -0.144. The number of halogens is 4. The number of amides is 1. The maximum Gasteiger partial charge on any atom is 0.433 e. The zero-order valence-electron chi connectivity index (χ0n) is 21.8. The Labute approximate surface area is 228 Å². The van der Waals surface area contributed by atoms with Gasteiger partial charge in [-0.05, 0) is 31.9 Å². The molecule has 0 bridgehead atoms. The molecule has 3 heterocycles. The Kier molecular flexibility index (Phi) is 8.12. The molecule has 4 aromatic rings. The van der Waals surface area contributed by atoms with Crippen LogP contribution in [-0.2, 0) is 12.7 Å². The van der Waals surface area contributed by atoms with E-state index in [1.807, 2.05) is 13.8 Å². The Bertz CT molecular complexity index is 1480. The topological polar surface area (TPSA) is 109 Å². The van der Waals surface area contributed by atoms with E-state index in [4.69, 9.17) is 11.6 Å². The van der Waals surface area contributed by atoms with Gasteiger partial charge in [0.2, 0.25) is 0 Å². The summed E-state index contributed by atoms with van der Waals surface area (Å²) in [6.07, 6.45) is -1.90. The number of hydrogen-bond acceptors (Lipinski definition) is 5. The first-order chi connectivity index (χ1) is 18.5. The van der Waals surface area contributed by atoms with Crippen LogP contribution in [-0.4, -0.2) is 48.4 Å². The minimum atomic E-state index is -4.78. The van der Waals surface area contributed by atoms with E-state index in [0.29, 0.717) is 34.6 Å². The number of aliphatic hydroxyl groups is 1. The van der Waals surface area contributed by atoms with Crippen LogP contribution in [0.5, 0.6) is 0 Å². The van der Waals surface area contributed by atoms with Crippen molar-refractivity contribution in [2.24, 2.45) is 0 Å². The summed E-state index contributed by atoms with van der Waals surface area (Å²) in [5.74, 6) is -0.547. The van der Waals surface area contributed by atoms with Crippen molar-refractivity contribution in [1.29, 1.82) is 0 Å². The molecule has 12 heteroatoms. The molecule has 1 unspecified atom stereocenters. The largest absolute Gasteiger partial charge is 0.433 e. The van der Waals surface area contributed by atoms with Gasteiger partial charge in [0, 0.05) is 40.7 Å². The van der Waals surface area contributed by atoms with Gasteiger partial charge in [-0.15, -0.1) is 0 Å². The van der Waals surface area contributed by atoms with Crippen LogP contribution >= 0.6 is 11.6 Å². The smallest absolute Gasteiger partial charge is 0.391 e. The number of hydrogen-bond donors (Lipinski definition) is 3. The van der Waals surface area contributed by atoms with E-state index < -0.39 is 18.0 Å². The molecule has 0 saturated heterocycles. The Balaban J connectivity index is 2.11. The summed E-state index contributed by atoms with van der Waals surface area (Å²) >= 11 is 6.80. The third-order valence-electron chi connectivity index (χ3n) is 6.11. The number of nitrogens with one attached hydrogen (secondary N) is 2. The second kappa shape index (κ2) is 11.2. The number of nitrogens with zero attached hydrogens (tertiary/aromatic N) is 4. The van der Waals surface area contributed by atoms with Crippen LogP contribution in [0.2, 0.25) is 5.02 Å². The minimum absolute atomic E-state index is 0.135. The van der Waals surface area contributed by atoms with Crippen molar-refractivity contribution in [1.82, 2.24) is 30.0 Å². The zero-order valence-corrected chi connectivity index (χ0v) is 22.5. The molecular formula is C27H28ClF3N6O2. The number of rotatable bonds is 8. The van der Waals surface area contributed by atoms with Crippen molar-refractivity contribution in [3.63, 3.8) is 0 Å². The number of aromatic nitrogens is 5. The second-order valence-electron chi connectivity index (χ2n) is 9.38. The summed E-state index contributed by atoms with van der Waals surface area (Å²) < 4.78 is 44.0. The van der Waals surface area contributed by atoms with Crippen LogP contribution in [0.25, 0.3) is 33.6 Å². The average Bonchev–Trinajstić information content (AvgIpc) is 3.46. The highest BCUT2D eigenvalue weighted by molar-refractivity contribution is 6.36. The predicted molar refractivity (Wildman–Crippen MR) is 142 cm³/mol. The minimum Gasteiger partial charge on any atom is -0.391 e. The maximum atomic E-state index is 14.4. The first kappa shape index (κ1) is 28.3. The summed E-state index contributed by atoms with van der Waals surface area (Å²) in [4.78, 5) is 24.2. The highest BCUT2D eigenvalue weighted by atomic mass is 35.5. The molecule has 3 aromatic heterocycles. The molecule has 0 aliphatic rings. The van der Waals surface area contributed by atoms with Crippen LogP contribution in [0.4, 0.5) is 13.2 Å². The van der Waals surface area contributed by atoms with Crippen molar-refractivity contribution < 1.29 is 23.1 Å². The monoisotopic (exact) mass is 560 g/mol. The molecular weight excluding hydrogens is 533 g/mol. The number of carbonyl (C=O) groups is 1. The van der Waals surface area contributed by atoms with Gasteiger partial charge in [0.15, 0.2) is 5.69 Å². The van der Waals surface area contributed by atoms with Crippen LogP contribution in [0.1, 0.15) is 55.4 Å². The van der Waals surface area contributed by atoms with Crippen LogP contribution < -0.4 is 5.32 Å². The molecule has 4 rings (SSSR count). The molecule has 0 radical (unpaired) electrons. The molecule has 1 amide bonds. The van der Waals surface area contributed by atoms with Crippen LogP contribution in [0, 0.1) is 0 Å². The SMILES string of the molecule is CCNC(=O)c1cccc(-c2c(C(C)C)[nH]c(-c3cnn(CC(C)O)c3C(F)(F)F)c2-c2ccncn2)c1Cl. The fourth-order valence-electron chi connectivity index (χ4n) is 4.54. The highest BCUT2D eigenvalue weighted by Crippen LogP contribution is 2.48. The van der Waals surface area contributed by atoms with Gasteiger partial charge in [0.1, 0.15) is 6.33 Å². The van der Waals surface area contributed by atoms with Crippen LogP contribution in [0.15, 0.2) is 43.0 Å². The van der Waals surface area contributed by atoms with Gasteiger partial charge in [-0.3, -0.25) is 9.48 Å². The van der Waals surface area contributed by atoms with E-state index in [9.17, 15) is 23.1 Å². The van der Waals surface area contributed by atoms with Crippen molar-refractivity contribution in [3.05, 3.63) is 65.0 Å². The van der Waals surface area contributed by atoms with Gasteiger partial charge in [-0.25, -0.2) is 9.97 Å². The van der Waals surface area contributed by atoms with E-state index in [-0.39, 0.29) is 40.2 Å². The molecule has 0 saturated carbocycles. The molecule has 3 N–H and O–H groups in total. The Hall–Kier alpha value is -3.70. The fourth-order valence-corrected chi connectivity index (χ4v) is 4.85. The van der Waals surface area contributed by atoms with Crippen molar-refractivity contribution in [3.8, 4) is 33.6 Å².